The fourth-order valence-corrected chi connectivity index (χ4v) is 5.53. The van der Waals surface area contributed by atoms with Gasteiger partial charge in [0.1, 0.15) is 0 Å². The van der Waals surface area contributed by atoms with Gasteiger partial charge in [-0.2, -0.15) is 0 Å². The molecule has 0 bridgehead atoms. The first-order valence-electron chi connectivity index (χ1n) is 11.1. The van der Waals surface area contributed by atoms with Gasteiger partial charge in [0.2, 0.25) is 5.91 Å². The number of hydrogen-bond acceptors (Lipinski definition) is 4. The Labute approximate surface area is 174 Å². The third-order valence-electron chi connectivity index (χ3n) is 7.02. The third kappa shape index (κ3) is 5.35. The lowest BCUT2D eigenvalue weighted by Gasteiger charge is -2.51. The van der Waals surface area contributed by atoms with Crippen molar-refractivity contribution in [3.63, 3.8) is 0 Å². The Bertz CT molecular complexity index is 696. The summed E-state index contributed by atoms with van der Waals surface area (Å²) in [6.45, 7) is 0. The molecule has 1 aromatic rings. The molecule has 0 saturated heterocycles. The van der Waals surface area contributed by atoms with Gasteiger partial charge in [-0.05, 0) is 57.7 Å². The van der Waals surface area contributed by atoms with Crippen LogP contribution in [0.15, 0.2) is 24.3 Å². The number of hydrogen-bond donors (Lipinski definition) is 1. The van der Waals surface area contributed by atoms with Crippen molar-refractivity contribution in [3.8, 4) is 0 Å². The van der Waals surface area contributed by atoms with E-state index in [2.05, 4.69) is 24.3 Å². The number of carbonyl (C=O) groups excluding carboxylic acids is 1. The molecule has 0 aromatic heterocycles. The highest BCUT2D eigenvalue weighted by molar-refractivity contribution is 5.77. The van der Waals surface area contributed by atoms with Gasteiger partial charge >= 0.3 is 0 Å². The number of rotatable bonds is 7. The number of amides is 1. The molecule has 2 aliphatic rings. The highest BCUT2D eigenvalue weighted by Crippen LogP contribution is 2.43. The first-order chi connectivity index (χ1) is 13.9. The summed E-state index contributed by atoms with van der Waals surface area (Å²) in [6.07, 6.45) is 11.8. The molecule has 29 heavy (non-hydrogen) atoms. The predicted molar refractivity (Wildman–Crippen MR) is 115 cm³/mol. The standard InChI is InChI=1S/C23H35N3O3/c1-25(2)21-9-5-4-8-20(21)23(16-6-3-7-17-23)24-22(27)15-12-18-10-13-19(14-11-18)26(28)29/h10-11,13-14,20-21H,3-9,12,15-17H2,1-2H3,(H,24,27). The van der Waals surface area contributed by atoms with E-state index < -0.39 is 4.92 Å². The van der Waals surface area contributed by atoms with Gasteiger partial charge in [0.05, 0.1) is 4.92 Å². The van der Waals surface area contributed by atoms with Crippen LogP contribution in [0.3, 0.4) is 0 Å². The average molecular weight is 402 g/mol. The fourth-order valence-electron chi connectivity index (χ4n) is 5.53. The first-order valence-corrected chi connectivity index (χ1v) is 11.1. The minimum absolute atomic E-state index is 0.0693. The topological polar surface area (TPSA) is 75.5 Å². The summed E-state index contributed by atoms with van der Waals surface area (Å²) in [5.74, 6) is 0.642. The molecule has 2 unspecified atom stereocenters. The van der Waals surface area contributed by atoms with Crippen LogP contribution in [0.5, 0.6) is 0 Å². The van der Waals surface area contributed by atoms with E-state index in [1.807, 2.05) is 0 Å². The number of nitro groups is 1. The molecule has 2 saturated carbocycles. The summed E-state index contributed by atoms with van der Waals surface area (Å²) in [6, 6.07) is 7.08. The van der Waals surface area contributed by atoms with Crippen molar-refractivity contribution >= 4 is 11.6 Å². The monoisotopic (exact) mass is 401 g/mol. The van der Waals surface area contributed by atoms with Crippen molar-refractivity contribution in [1.82, 2.24) is 10.2 Å². The van der Waals surface area contributed by atoms with E-state index in [0.29, 0.717) is 24.8 Å². The number of non-ortho nitro benzene ring substituents is 1. The second-order valence-electron chi connectivity index (χ2n) is 9.11. The number of aryl methyl sites for hydroxylation is 1. The molecule has 0 spiro atoms. The molecule has 160 valence electrons. The number of carbonyl (C=O) groups is 1. The van der Waals surface area contributed by atoms with Crippen LogP contribution < -0.4 is 5.32 Å². The zero-order chi connectivity index (χ0) is 20.9. The van der Waals surface area contributed by atoms with E-state index >= 15 is 0 Å². The second-order valence-corrected chi connectivity index (χ2v) is 9.11. The van der Waals surface area contributed by atoms with Crippen LogP contribution in [-0.4, -0.2) is 41.4 Å². The second kappa shape index (κ2) is 9.70. The van der Waals surface area contributed by atoms with Crippen LogP contribution in [0.25, 0.3) is 0 Å². The molecular formula is C23H35N3O3. The number of nitrogens with one attached hydrogen (secondary N) is 1. The number of nitro benzene ring substituents is 1. The summed E-state index contributed by atoms with van der Waals surface area (Å²) in [5, 5.41) is 14.3. The van der Waals surface area contributed by atoms with Gasteiger partial charge < -0.3 is 10.2 Å². The Kier molecular flexibility index (Phi) is 7.28. The SMILES string of the molecule is CN(C)C1CCCCC1C1(NC(=O)CCc2ccc([N+](=O)[O-])cc2)CCCCC1. The average Bonchev–Trinajstić information content (AvgIpc) is 2.73. The van der Waals surface area contributed by atoms with Crippen molar-refractivity contribution in [3.05, 3.63) is 39.9 Å². The Hall–Kier alpha value is -1.95. The number of nitrogens with zero attached hydrogens (tertiary/aromatic N) is 2. The highest BCUT2D eigenvalue weighted by Gasteiger charge is 2.45. The molecule has 6 heteroatoms. The zero-order valence-electron chi connectivity index (χ0n) is 17.9. The Morgan fingerprint density at radius 1 is 1.10 bits per heavy atom. The lowest BCUT2D eigenvalue weighted by atomic mass is 9.65. The van der Waals surface area contributed by atoms with Crippen LogP contribution in [0, 0.1) is 16.0 Å². The molecule has 6 nitrogen and oxygen atoms in total. The van der Waals surface area contributed by atoms with Crippen LogP contribution in [-0.2, 0) is 11.2 Å². The minimum atomic E-state index is -0.394. The Morgan fingerprint density at radius 3 is 2.38 bits per heavy atom. The molecule has 0 radical (unpaired) electrons. The van der Waals surface area contributed by atoms with Crippen molar-refractivity contribution in [2.45, 2.75) is 82.2 Å². The zero-order valence-corrected chi connectivity index (χ0v) is 17.9. The lowest BCUT2D eigenvalue weighted by molar-refractivity contribution is -0.384. The van der Waals surface area contributed by atoms with Crippen LogP contribution in [0.4, 0.5) is 5.69 Å². The van der Waals surface area contributed by atoms with Crippen molar-refractivity contribution < 1.29 is 9.72 Å². The van der Waals surface area contributed by atoms with Crippen LogP contribution >= 0.6 is 0 Å². The smallest absolute Gasteiger partial charge is 0.269 e. The number of benzene rings is 1. The maximum absolute atomic E-state index is 13.0. The van der Waals surface area contributed by atoms with Crippen molar-refractivity contribution in [1.29, 1.82) is 0 Å². The highest BCUT2D eigenvalue weighted by atomic mass is 16.6. The van der Waals surface area contributed by atoms with Crippen molar-refractivity contribution in [2.24, 2.45) is 5.92 Å². The van der Waals surface area contributed by atoms with Crippen LogP contribution in [0.2, 0.25) is 0 Å². The minimum Gasteiger partial charge on any atom is -0.350 e. The van der Waals surface area contributed by atoms with E-state index in [9.17, 15) is 14.9 Å². The van der Waals surface area contributed by atoms with Crippen LogP contribution in [0.1, 0.15) is 69.8 Å². The molecule has 2 atom stereocenters. The quantitative estimate of drug-likeness (QED) is 0.540. The molecular weight excluding hydrogens is 366 g/mol. The fraction of sp³-hybridized carbons (Fsp3) is 0.696. The molecule has 2 aliphatic carbocycles. The summed E-state index contributed by atoms with van der Waals surface area (Å²) in [7, 11) is 4.35. The van der Waals surface area contributed by atoms with E-state index in [0.717, 1.165) is 18.4 Å². The van der Waals surface area contributed by atoms with Gasteiger partial charge in [-0.1, -0.05) is 44.2 Å². The van der Waals surface area contributed by atoms with Gasteiger partial charge in [0, 0.05) is 30.1 Å². The van der Waals surface area contributed by atoms with Crippen molar-refractivity contribution in [2.75, 3.05) is 14.1 Å². The molecule has 3 rings (SSSR count). The maximum atomic E-state index is 13.0. The van der Waals surface area contributed by atoms with Gasteiger partial charge in [-0.3, -0.25) is 14.9 Å². The summed E-state index contributed by atoms with van der Waals surface area (Å²) in [5.41, 5.74) is 0.985. The van der Waals surface area contributed by atoms with Gasteiger partial charge in [-0.25, -0.2) is 0 Å². The normalized spacial score (nSPS) is 24.2. The van der Waals surface area contributed by atoms with Gasteiger partial charge in [0.15, 0.2) is 0 Å². The van der Waals surface area contributed by atoms with Gasteiger partial charge in [0.25, 0.3) is 5.69 Å². The van der Waals surface area contributed by atoms with Gasteiger partial charge in [-0.15, -0.1) is 0 Å². The predicted octanol–water partition coefficient (Wildman–Crippen LogP) is 4.47. The molecule has 0 heterocycles. The summed E-state index contributed by atoms with van der Waals surface area (Å²) >= 11 is 0. The van der Waals surface area contributed by atoms with E-state index in [4.69, 9.17) is 0 Å². The molecule has 1 amide bonds. The first kappa shape index (κ1) is 21.8. The maximum Gasteiger partial charge on any atom is 0.269 e. The largest absolute Gasteiger partial charge is 0.350 e. The Balaban J connectivity index is 1.66. The molecule has 2 fully saturated rings. The van der Waals surface area contributed by atoms with E-state index in [1.54, 1.807) is 12.1 Å². The lowest BCUT2D eigenvalue weighted by Crippen LogP contribution is -2.60. The summed E-state index contributed by atoms with van der Waals surface area (Å²) < 4.78 is 0. The Morgan fingerprint density at radius 2 is 1.76 bits per heavy atom. The summed E-state index contributed by atoms with van der Waals surface area (Å²) in [4.78, 5) is 25.7. The van der Waals surface area contributed by atoms with E-state index in [-0.39, 0.29) is 17.1 Å². The van der Waals surface area contributed by atoms with E-state index in [1.165, 1.54) is 57.1 Å². The molecule has 1 aromatic carbocycles. The molecule has 0 aliphatic heterocycles. The molecule has 1 N–H and O–H groups in total. The third-order valence-corrected chi connectivity index (χ3v) is 7.02.